The van der Waals surface area contributed by atoms with Crippen LogP contribution >= 0.6 is 35.4 Å². The Morgan fingerprint density at radius 3 is 2.54 bits per heavy atom. The summed E-state index contributed by atoms with van der Waals surface area (Å²) in [6.07, 6.45) is 2.80. The molecule has 0 aliphatic carbocycles. The number of hydrogen-bond acceptors (Lipinski definition) is 4. The van der Waals surface area contributed by atoms with E-state index in [1.165, 1.54) is 24.3 Å². The minimum absolute atomic E-state index is 0.00417. The summed E-state index contributed by atoms with van der Waals surface area (Å²) in [4.78, 5) is 22.9. The summed E-state index contributed by atoms with van der Waals surface area (Å²) in [5.41, 5.74) is 1.85. The van der Waals surface area contributed by atoms with Gasteiger partial charge in [-0.15, -0.1) is 0 Å². The molecular weight excluding hydrogens is 395 g/mol. The van der Waals surface area contributed by atoms with Crippen LogP contribution in [-0.2, 0) is 4.79 Å². The van der Waals surface area contributed by atoms with Gasteiger partial charge in [-0.1, -0.05) is 41.4 Å². The molecule has 0 unspecified atom stereocenters. The number of anilines is 1. The number of hydrogen-bond donors (Lipinski definition) is 2. The zero-order valence-corrected chi connectivity index (χ0v) is 15.8. The molecule has 2 N–H and O–H groups in total. The average molecular weight is 408 g/mol. The first-order valence-electron chi connectivity index (χ1n) is 7.33. The Morgan fingerprint density at radius 2 is 1.88 bits per heavy atom. The number of aryl methyl sites for hydroxylation is 1. The van der Waals surface area contributed by atoms with Crippen LogP contribution in [0.4, 0.5) is 5.69 Å². The van der Waals surface area contributed by atoms with Gasteiger partial charge in [0.25, 0.3) is 0 Å². The summed E-state index contributed by atoms with van der Waals surface area (Å²) in [6.45, 7) is 1.77. The minimum atomic E-state index is -1.30. The van der Waals surface area contributed by atoms with Gasteiger partial charge in [-0.3, -0.25) is 10.1 Å². The number of carbonyl (C=O) groups excluding carboxylic acids is 2. The number of thiocarbonyl (C=S) groups is 1. The Kier molecular flexibility index (Phi) is 6.74. The van der Waals surface area contributed by atoms with Crippen LogP contribution in [0, 0.1) is 6.92 Å². The molecule has 26 heavy (non-hydrogen) atoms. The number of rotatable bonds is 4. The highest BCUT2D eigenvalue weighted by molar-refractivity contribution is 7.80. The van der Waals surface area contributed by atoms with Gasteiger partial charge in [0, 0.05) is 21.8 Å². The van der Waals surface area contributed by atoms with Crippen LogP contribution in [0.25, 0.3) is 6.08 Å². The van der Waals surface area contributed by atoms with Crippen molar-refractivity contribution in [3.63, 3.8) is 0 Å². The maximum atomic E-state index is 12.0. The molecule has 134 valence electrons. The first-order chi connectivity index (χ1) is 12.3. The minimum Gasteiger partial charge on any atom is -0.545 e. The summed E-state index contributed by atoms with van der Waals surface area (Å²) in [7, 11) is 0. The van der Waals surface area contributed by atoms with Crippen LogP contribution in [-0.4, -0.2) is 17.0 Å². The van der Waals surface area contributed by atoms with Crippen LogP contribution < -0.4 is 15.7 Å². The second kappa shape index (κ2) is 8.80. The molecule has 2 aromatic carbocycles. The molecule has 0 aliphatic heterocycles. The number of nitrogens with one attached hydrogen (secondary N) is 2. The van der Waals surface area contributed by atoms with E-state index < -0.39 is 11.9 Å². The van der Waals surface area contributed by atoms with E-state index in [-0.39, 0.29) is 10.7 Å². The monoisotopic (exact) mass is 407 g/mol. The molecule has 5 nitrogen and oxygen atoms in total. The second-order valence-electron chi connectivity index (χ2n) is 5.26. The largest absolute Gasteiger partial charge is 0.545 e. The molecule has 0 heterocycles. The molecule has 0 spiro atoms. The number of halogens is 2. The summed E-state index contributed by atoms with van der Waals surface area (Å²) >= 11 is 16.9. The van der Waals surface area contributed by atoms with Gasteiger partial charge in [0.2, 0.25) is 5.91 Å². The summed E-state index contributed by atoms with van der Waals surface area (Å²) < 4.78 is 0. The first kappa shape index (κ1) is 19.9. The number of carbonyl (C=O) groups is 2. The standard InChI is InChI=1S/C18H14Cl2N2O3S/c1-10-2-3-12(17(24)25)8-15(10)21-18(26)22-16(23)7-5-11-4-6-13(19)9-14(11)20/h2-9H,1H3,(H,24,25)(H2,21,22,23,26)/p-1/b7-5+. The smallest absolute Gasteiger partial charge is 0.250 e. The van der Waals surface area contributed by atoms with Crippen molar-refractivity contribution in [1.29, 1.82) is 0 Å². The normalized spacial score (nSPS) is 10.6. The topological polar surface area (TPSA) is 81.3 Å². The lowest BCUT2D eigenvalue weighted by Gasteiger charge is -2.13. The predicted molar refractivity (Wildman–Crippen MR) is 105 cm³/mol. The molecule has 0 saturated heterocycles. The van der Waals surface area contributed by atoms with Gasteiger partial charge in [-0.2, -0.15) is 0 Å². The molecule has 2 rings (SSSR count). The summed E-state index contributed by atoms with van der Waals surface area (Å²) in [5, 5.41) is 17.1. The van der Waals surface area contributed by atoms with Gasteiger partial charge in [0.15, 0.2) is 5.11 Å². The number of benzene rings is 2. The zero-order valence-electron chi connectivity index (χ0n) is 13.5. The number of amides is 1. The lowest BCUT2D eigenvalue weighted by atomic mass is 10.1. The Labute approximate surface area is 165 Å². The van der Waals surface area contributed by atoms with Crippen LogP contribution in [0.15, 0.2) is 42.5 Å². The van der Waals surface area contributed by atoms with E-state index in [0.717, 1.165) is 5.56 Å². The highest BCUT2D eigenvalue weighted by Crippen LogP contribution is 2.22. The van der Waals surface area contributed by atoms with Crippen LogP contribution in [0.5, 0.6) is 0 Å². The molecule has 2 aromatic rings. The first-order valence-corrected chi connectivity index (χ1v) is 8.50. The van der Waals surface area contributed by atoms with Crippen molar-refractivity contribution in [1.82, 2.24) is 5.32 Å². The van der Waals surface area contributed by atoms with Gasteiger partial charge in [0.1, 0.15) is 0 Å². The molecule has 0 aromatic heterocycles. The highest BCUT2D eigenvalue weighted by atomic mass is 35.5. The van der Waals surface area contributed by atoms with Crippen LogP contribution in [0.2, 0.25) is 10.0 Å². The van der Waals surface area contributed by atoms with Gasteiger partial charge >= 0.3 is 0 Å². The number of carboxylic acid groups (broad SMARTS) is 1. The third-order valence-corrected chi connectivity index (χ3v) is 4.10. The van der Waals surface area contributed by atoms with E-state index in [2.05, 4.69) is 10.6 Å². The molecule has 0 aliphatic rings. The van der Waals surface area contributed by atoms with E-state index in [0.29, 0.717) is 21.3 Å². The zero-order chi connectivity index (χ0) is 19.3. The van der Waals surface area contributed by atoms with Crippen LogP contribution in [0.3, 0.4) is 0 Å². The Hall–Kier alpha value is -2.41. The number of aromatic carboxylic acids is 1. The van der Waals surface area contributed by atoms with E-state index in [9.17, 15) is 14.7 Å². The van der Waals surface area contributed by atoms with Crippen molar-refractivity contribution in [2.45, 2.75) is 6.92 Å². The van der Waals surface area contributed by atoms with Gasteiger partial charge in [-0.05, 0) is 60.1 Å². The fourth-order valence-electron chi connectivity index (χ4n) is 1.99. The van der Waals surface area contributed by atoms with Crippen molar-refractivity contribution in [2.75, 3.05) is 5.32 Å². The molecule has 0 bridgehead atoms. The van der Waals surface area contributed by atoms with Crippen molar-refractivity contribution < 1.29 is 14.7 Å². The lowest BCUT2D eigenvalue weighted by molar-refractivity contribution is -0.255. The predicted octanol–water partition coefficient (Wildman–Crippen LogP) is 3.19. The fraction of sp³-hybridized carbons (Fsp3) is 0.0556. The molecule has 0 atom stereocenters. The van der Waals surface area contributed by atoms with Gasteiger partial charge < -0.3 is 15.2 Å². The SMILES string of the molecule is Cc1ccc(C(=O)[O-])cc1NC(=S)NC(=O)/C=C/c1ccc(Cl)cc1Cl. The third-order valence-electron chi connectivity index (χ3n) is 3.33. The van der Waals surface area contributed by atoms with Crippen molar-refractivity contribution in [3.05, 3.63) is 69.2 Å². The lowest BCUT2D eigenvalue weighted by Crippen LogP contribution is -2.33. The molecular formula is C18H13Cl2N2O3S-. The van der Waals surface area contributed by atoms with E-state index in [1.54, 1.807) is 31.2 Å². The van der Waals surface area contributed by atoms with Crippen LogP contribution in [0.1, 0.15) is 21.5 Å². The number of carboxylic acids is 1. The maximum Gasteiger partial charge on any atom is 0.250 e. The van der Waals surface area contributed by atoms with E-state index in [4.69, 9.17) is 35.4 Å². The summed E-state index contributed by atoms with van der Waals surface area (Å²) in [6, 6.07) is 9.33. The molecule has 1 amide bonds. The Morgan fingerprint density at radius 1 is 1.15 bits per heavy atom. The third kappa shape index (κ3) is 5.56. The highest BCUT2D eigenvalue weighted by Gasteiger charge is 2.06. The van der Waals surface area contributed by atoms with Gasteiger partial charge in [0.05, 0.1) is 5.97 Å². The molecule has 0 radical (unpaired) electrons. The van der Waals surface area contributed by atoms with Gasteiger partial charge in [-0.25, -0.2) is 0 Å². The molecule has 0 fully saturated rings. The average Bonchev–Trinajstić information content (AvgIpc) is 2.55. The molecule has 8 heteroatoms. The van der Waals surface area contributed by atoms with Crippen molar-refractivity contribution in [3.8, 4) is 0 Å². The second-order valence-corrected chi connectivity index (χ2v) is 6.51. The van der Waals surface area contributed by atoms with Crippen molar-refractivity contribution in [2.24, 2.45) is 0 Å². The fourth-order valence-corrected chi connectivity index (χ4v) is 2.67. The van der Waals surface area contributed by atoms with E-state index >= 15 is 0 Å². The van der Waals surface area contributed by atoms with Crippen molar-refractivity contribution >= 4 is 64.2 Å². The maximum absolute atomic E-state index is 12.0. The Balaban J connectivity index is 2.01. The quantitative estimate of drug-likeness (QED) is 0.600. The van der Waals surface area contributed by atoms with E-state index in [1.807, 2.05) is 0 Å². The molecule has 0 saturated carbocycles. The summed E-state index contributed by atoms with van der Waals surface area (Å²) in [5.74, 6) is -1.77. The Bertz CT molecular complexity index is 913.